The van der Waals surface area contributed by atoms with Crippen molar-refractivity contribution in [2.75, 3.05) is 7.11 Å². The van der Waals surface area contributed by atoms with Gasteiger partial charge in [0.15, 0.2) is 0 Å². The summed E-state index contributed by atoms with van der Waals surface area (Å²) in [4.78, 5) is 8.07. The number of ether oxygens (including phenoxy) is 1. The van der Waals surface area contributed by atoms with Crippen LogP contribution in [0.1, 0.15) is 37.2 Å². The summed E-state index contributed by atoms with van der Waals surface area (Å²) in [6, 6.07) is 4.29. The molecule has 0 radical (unpaired) electrons. The van der Waals surface area contributed by atoms with E-state index >= 15 is 0 Å². The van der Waals surface area contributed by atoms with E-state index in [0.717, 1.165) is 23.3 Å². The number of nitrogens with zero attached hydrogens (tertiary/aromatic N) is 1. The Balaban J connectivity index is 2.62. The first kappa shape index (κ1) is 12.1. The summed E-state index contributed by atoms with van der Waals surface area (Å²) in [5.41, 5.74) is 4.26. The Kier molecular flexibility index (Phi) is 2.96. The predicted octanol–water partition coefficient (Wildman–Crippen LogP) is 3.45. The molecule has 0 amide bonds. The molecule has 2 aromatic rings. The average molecular weight is 232 g/mol. The van der Waals surface area contributed by atoms with Gasteiger partial charge in [0.1, 0.15) is 11.4 Å². The normalized spacial score (nSPS) is 15.1. The molecule has 0 bridgehead atoms. The van der Waals surface area contributed by atoms with E-state index in [9.17, 15) is 0 Å². The van der Waals surface area contributed by atoms with Gasteiger partial charge in [-0.1, -0.05) is 13.0 Å². The van der Waals surface area contributed by atoms with Crippen LogP contribution in [-0.4, -0.2) is 17.1 Å². The molecular formula is C14H20N2O. The molecule has 0 saturated heterocycles. The molecular weight excluding hydrogens is 212 g/mol. The molecule has 1 aromatic heterocycles. The van der Waals surface area contributed by atoms with Gasteiger partial charge in [0, 0.05) is 7.11 Å². The minimum Gasteiger partial charge on any atom is -0.371 e. The van der Waals surface area contributed by atoms with Gasteiger partial charge in [-0.3, -0.25) is 0 Å². The lowest BCUT2D eigenvalue weighted by Crippen LogP contribution is -2.24. The van der Waals surface area contributed by atoms with Gasteiger partial charge in [-0.2, -0.15) is 0 Å². The molecule has 2 rings (SSSR count). The Morgan fingerprint density at radius 1 is 1.35 bits per heavy atom. The number of methoxy groups -OCH3 is 1. The first-order chi connectivity index (χ1) is 8.00. The van der Waals surface area contributed by atoms with Gasteiger partial charge in [0.25, 0.3) is 0 Å². The minimum atomic E-state index is -0.334. The Morgan fingerprint density at radius 3 is 2.65 bits per heavy atom. The molecule has 1 atom stereocenters. The number of imidazole rings is 1. The van der Waals surface area contributed by atoms with E-state index < -0.39 is 0 Å². The summed E-state index contributed by atoms with van der Waals surface area (Å²) in [5.74, 6) is 0.909. The number of aromatic nitrogens is 2. The molecule has 17 heavy (non-hydrogen) atoms. The smallest absolute Gasteiger partial charge is 0.139 e. The first-order valence-corrected chi connectivity index (χ1v) is 6.02. The van der Waals surface area contributed by atoms with Crippen molar-refractivity contribution in [3.8, 4) is 0 Å². The van der Waals surface area contributed by atoms with Crippen molar-refractivity contribution in [1.82, 2.24) is 9.97 Å². The Labute approximate surface area is 102 Å². The van der Waals surface area contributed by atoms with Crippen molar-refractivity contribution in [2.24, 2.45) is 0 Å². The second-order valence-corrected chi connectivity index (χ2v) is 4.85. The third kappa shape index (κ3) is 1.95. The topological polar surface area (TPSA) is 37.9 Å². The maximum absolute atomic E-state index is 5.58. The molecule has 0 saturated carbocycles. The predicted molar refractivity (Wildman–Crippen MR) is 70.2 cm³/mol. The van der Waals surface area contributed by atoms with Gasteiger partial charge < -0.3 is 9.72 Å². The number of H-pyrrole nitrogens is 1. The van der Waals surface area contributed by atoms with E-state index in [1.54, 1.807) is 7.11 Å². The van der Waals surface area contributed by atoms with Crippen LogP contribution in [0, 0.1) is 13.8 Å². The summed E-state index contributed by atoms with van der Waals surface area (Å²) < 4.78 is 5.58. The average Bonchev–Trinajstić information content (AvgIpc) is 2.72. The highest BCUT2D eigenvalue weighted by atomic mass is 16.5. The van der Waals surface area contributed by atoms with E-state index in [2.05, 4.69) is 49.8 Å². The van der Waals surface area contributed by atoms with Gasteiger partial charge in [-0.05, 0) is 44.4 Å². The highest BCUT2D eigenvalue weighted by Crippen LogP contribution is 2.28. The van der Waals surface area contributed by atoms with Crippen LogP contribution in [0.4, 0.5) is 0 Å². The fourth-order valence-corrected chi connectivity index (χ4v) is 2.13. The van der Waals surface area contributed by atoms with Crippen LogP contribution in [-0.2, 0) is 10.3 Å². The molecule has 3 heteroatoms. The van der Waals surface area contributed by atoms with Crippen molar-refractivity contribution < 1.29 is 4.74 Å². The monoisotopic (exact) mass is 232 g/mol. The third-order valence-electron chi connectivity index (χ3n) is 3.55. The lowest BCUT2D eigenvalue weighted by Gasteiger charge is -2.23. The molecule has 1 N–H and O–H groups in total. The zero-order chi connectivity index (χ0) is 12.6. The number of hydrogen-bond donors (Lipinski definition) is 1. The second-order valence-electron chi connectivity index (χ2n) is 4.85. The van der Waals surface area contributed by atoms with Crippen molar-refractivity contribution in [2.45, 2.75) is 39.7 Å². The number of benzene rings is 1. The lowest BCUT2D eigenvalue weighted by atomic mass is 10.0. The molecule has 3 nitrogen and oxygen atoms in total. The van der Waals surface area contributed by atoms with E-state index in [-0.39, 0.29) is 5.60 Å². The van der Waals surface area contributed by atoms with Gasteiger partial charge in [-0.25, -0.2) is 4.98 Å². The summed E-state index contributed by atoms with van der Waals surface area (Å²) in [7, 11) is 1.73. The van der Waals surface area contributed by atoms with E-state index in [0.29, 0.717) is 0 Å². The van der Waals surface area contributed by atoms with Gasteiger partial charge >= 0.3 is 0 Å². The van der Waals surface area contributed by atoms with Crippen LogP contribution in [0.5, 0.6) is 0 Å². The molecule has 0 aliphatic rings. The summed E-state index contributed by atoms with van der Waals surface area (Å²) in [6.07, 6.45) is 0.890. The number of hydrogen-bond acceptors (Lipinski definition) is 2. The number of rotatable bonds is 3. The molecule has 1 heterocycles. The van der Waals surface area contributed by atoms with Crippen LogP contribution >= 0.6 is 0 Å². The molecule has 0 spiro atoms. The first-order valence-electron chi connectivity index (χ1n) is 6.02. The lowest BCUT2D eigenvalue weighted by molar-refractivity contribution is -0.00803. The van der Waals surface area contributed by atoms with E-state index in [1.807, 2.05) is 0 Å². The molecule has 0 aliphatic heterocycles. The highest BCUT2D eigenvalue weighted by molar-refractivity contribution is 5.79. The van der Waals surface area contributed by atoms with Crippen molar-refractivity contribution in [1.29, 1.82) is 0 Å². The Bertz CT molecular complexity index is 538. The molecule has 0 fully saturated rings. The van der Waals surface area contributed by atoms with Crippen LogP contribution in [0.2, 0.25) is 0 Å². The SMILES string of the molecule is CCC(C)(OC)c1nc2c(C)cc(C)cc2[nH]1. The summed E-state index contributed by atoms with van der Waals surface area (Å²) in [5, 5.41) is 0. The molecule has 0 aliphatic carbocycles. The van der Waals surface area contributed by atoms with Crippen molar-refractivity contribution >= 4 is 11.0 Å². The number of aromatic amines is 1. The van der Waals surface area contributed by atoms with Crippen LogP contribution in [0.3, 0.4) is 0 Å². The van der Waals surface area contributed by atoms with E-state index in [1.165, 1.54) is 11.1 Å². The maximum Gasteiger partial charge on any atom is 0.139 e. The van der Waals surface area contributed by atoms with Crippen LogP contribution < -0.4 is 0 Å². The molecule has 1 aromatic carbocycles. The van der Waals surface area contributed by atoms with Gasteiger partial charge in [-0.15, -0.1) is 0 Å². The Morgan fingerprint density at radius 2 is 2.06 bits per heavy atom. The van der Waals surface area contributed by atoms with Crippen LogP contribution in [0.15, 0.2) is 12.1 Å². The van der Waals surface area contributed by atoms with Crippen LogP contribution in [0.25, 0.3) is 11.0 Å². The number of fused-ring (bicyclic) bond motifs is 1. The van der Waals surface area contributed by atoms with Gasteiger partial charge in [0.2, 0.25) is 0 Å². The van der Waals surface area contributed by atoms with Crippen molar-refractivity contribution in [3.63, 3.8) is 0 Å². The fourth-order valence-electron chi connectivity index (χ4n) is 2.13. The minimum absolute atomic E-state index is 0.334. The standard InChI is InChI=1S/C14H20N2O/c1-6-14(4,17-5)13-15-11-8-9(2)7-10(3)12(11)16-13/h7-8H,6H2,1-5H3,(H,15,16). The molecule has 1 unspecified atom stereocenters. The second kappa shape index (κ2) is 4.15. The number of nitrogens with one attached hydrogen (secondary N) is 1. The highest BCUT2D eigenvalue weighted by Gasteiger charge is 2.27. The van der Waals surface area contributed by atoms with Gasteiger partial charge in [0.05, 0.1) is 11.0 Å². The maximum atomic E-state index is 5.58. The van der Waals surface area contributed by atoms with E-state index in [4.69, 9.17) is 4.74 Å². The summed E-state index contributed by atoms with van der Waals surface area (Å²) >= 11 is 0. The third-order valence-corrected chi connectivity index (χ3v) is 3.55. The fraction of sp³-hybridized carbons (Fsp3) is 0.500. The quantitative estimate of drug-likeness (QED) is 0.880. The largest absolute Gasteiger partial charge is 0.371 e. The zero-order valence-corrected chi connectivity index (χ0v) is 11.2. The molecule has 92 valence electrons. The zero-order valence-electron chi connectivity index (χ0n) is 11.2. The van der Waals surface area contributed by atoms with Crippen molar-refractivity contribution in [3.05, 3.63) is 29.1 Å². The summed E-state index contributed by atoms with van der Waals surface area (Å²) in [6.45, 7) is 8.36. The Hall–Kier alpha value is -1.35. The number of aryl methyl sites for hydroxylation is 2.